The maximum Gasteiger partial charge on any atom is 0.452 e. The normalized spacial score (nSPS) is 13.2. The summed E-state index contributed by atoms with van der Waals surface area (Å²) < 4.78 is 77.5. The van der Waals surface area contributed by atoms with Crippen LogP contribution in [0, 0.1) is 0 Å². The molecule has 0 aliphatic carbocycles. The van der Waals surface area contributed by atoms with Crippen molar-refractivity contribution in [3.05, 3.63) is 34.7 Å². The molecule has 0 bridgehead atoms. The molecule has 0 aliphatic rings. The van der Waals surface area contributed by atoms with Crippen molar-refractivity contribution < 1.29 is 26.3 Å². The largest absolute Gasteiger partial charge is 0.452 e. The van der Waals surface area contributed by atoms with E-state index in [1.165, 1.54) is 0 Å². The van der Waals surface area contributed by atoms with E-state index in [0.717, 1.165) is 6.07 Å². The van der Waals surface area contributed by atoms with Crippen LogP contribution in [-0.2, 0) is 12.4 Å². The van der Waals surface area contributed by atoms with Crippen molar-refractivity contribution in [2.45, 2.75) is 12.4 Å². The molecule has 0 atom stereocenters. The Balaban J connectivity index is 2.48. The first kappa shape index (κ1) is 14.8. The van der Waals surface area contributed by atoms with Gasteiger partial charge in [-0.1, -0.05) is 11.6 Å². The fraction of sp³-hybridized carbons (Fsp3) is 0.182. The highest BCUT2D eigenvalue weighted by molar-refractivity contribution is 6.32. The lowest BCUT2D eigenvalue weighted by Gasteiger charge is -2.11. The van der Waals surface area contributed by atoms with Gasteiger partial charge < -0.3 is 0 Å². The zero-order valence-electron chi connectivity index (χ0n) is 10.2. The van der Waals surface area contributed by atoms with E-state index >= 15 is 0 Å². The Bertz CT molecular complexity index is 882. The second-order valence-corrected chi connectivity index (χ2v) is 4.64. The molecule has 11 heteroatoms. The van der Waals surface area contributed by atoms with Gasteiger partial charge in [-0.3, -0.25) is 4.40 Å². The van der Waals surface area contributed by atoms with Crippen LogP contribution in [0.1, 0.15) is 11.4 Å². The van der Waals surface area contributed by atoms with Crippen LogP contribution in [0.25, 0.3) is 16.7 Å². The number of rotatable bonds is 0. The van der Waals surface area contributed by atoms with Crippen LogP contribution < -0.4 is 0 Å². The van der Waals surface area contributed by atoms with Gasteiger partial charge in [-0.25, -0.2) is 4.98 Å². The minimum absolute atomic E-state index is 0.143. The third-order valence-electron chi connectivity index (χ3n) is 2.86. The predicted molar refractivity (Wildman–Crippen MR) is 63.3 cm³/mol. The topological polar surface area (TPSA) is 43.1 Å². The molecule has 0 saturated heterocycles. The van der Waals surface area contributed by atoms with Gasteiger partial charge in [-0.15, -0.1) is 10.2 Å². The van der Waals surface area contributed by atoms with Crippen LogP contribution >= 0.6 is 11.6 Å². The van der Waals surface area contributed by atoms with Crippen LogP contribution in [0.5, 0.6) is 0 Å². The molecule has 2 heterocycles. The second kappa shape index (κ2) is 4.45. The molecule has 0 N–H and O–H groups in total. The summed E-state index contributed by atoms with van der Waals surface area (Å²) >= 11 is 5.71. The fourth-order valence-corrected chi connectivity index (χ4v) is 2.17. The highest BCUT2D eigenvalue weighted by atomic mass is 35.5. The summed E-state index contributed by atoms with van der Waals surface area (Å²) in [6, 6.07) is 2.18. The average molecular weight is 341 g/mol. The number of alkyl halides is 6. The molecule has 0 aliphatic heterocycles. The van der Waals surface area contributed by atoms with E-state index in [4.69, 9.17) is 11.6 Å². The molecule has 1 aromatic carbocycles. The summed E-state index contributed by atoms with van der Waals surface area (Å²) in [7, 11) is 0. The molecule has 2 aromatic heterocycles. The molecule has 3 rings (SSSR count). The average Bonchev–Trinajstić information content (AvgIpc) is 2.82. The Morgan fingerprint density at radius 3 is 2.23 bits per heavy atom. The lowest BCUT2D eigenvalue weighted by Crippen LogP contribution is -2.12. The molecular formula is C11H3ClF6N4. The van der Waals surface area contributed by atoms with E-state index in [9.17, 15) is 26.3 Å². The molecule has 0 saturated carbocycles. The van der Waals surface area contributed by atoms with Crippen LogP contribution in [0.2, 0.25) is 5.15 Å². The van der Waals surface area contributed by atoms with Gasteiger partial charge in [0, 0.05) is 0 Å². The van der Waals surface area contributed by atoms with Gasteiger partial charge in [0.2, 0.25) is 5.82 Å². The molecule has 0 fully saturated rings. The number of hydrogen-bond acceptors (Lipinski definition) is 3. The summed E-state index contributed by atoms with van der Waals surface area (Å²) in [6.45, 7) is 0. The van der Waals surface area contributed by atoms with Crippen molar-refractivity contribution >= 4 is 28.3 Å². The number of halogens is 7. The maximum atomic E-state index is 12.9. The van der Waals surface area contributed by atoms with E-state index in [1.807, 2.05) is 0 Å². The zero-order chi connectivity index (χ0) is 16.3. The molecule has 0 amide bonds. The van der Waals surface area contributed by atoms with Crippen LogP contribution in [0.15, 0.2) is 18.2 Å². The van der Waals surface area contributed by atoms with Gasteiger partial charge in [0.05, 0.1) is 16.6 Å². The van der Waals surface area contributed by atoms with Crippen molar-refractivity contribution in [3.63, 3.8) is 0 Å². The third kappa shape index (κ3) is 2.23. The smallest absolute Gasteiger partial charge is 0.267 e. The van der Waals surface area contributed by atoms with Crippen LogP contribution in [0.3, 0.4) is 0 Å². The quantitative estimate of drug-likeness (QED) is 0.582. The summed E-state index contributed by atoms with van der Waals surface area (Å²) in [5, 5.41) is 5.80. The van der Waals surface area contributed by atoms with Crippen molar-refractivity contribution in [1.82, 2.24) is 19.6 Å². The minimum atomic E-state index is -4.91. The molecule has 4 nitrogen and oxygen atoms in total. The van der Waals surface area contributed by atoms with Gasteiger partial charge in [-0.2, -0.15) is 26.3 Å². The standard InChI is InChI=1S/C11H3ClF6N4/c12-7-8-20-21-9(11(16,17)18)22(8)6-3-4(10(13,14)15)1-2-5(6)19-7/h1-3H. The Hall–Kier alpha value is -2.10. The summed E-state index contributed by atoms with van der Waals surface area (Å²) in [6.07, 6.45) is -9.63. The lowest BCUT2D eigenvalue weighted by molar-refractivity contribution is -0.145. The van der Waals surface area contributed by atoms with Gasteiger partial charge in [-0.05, 0) is 18.2 Å². The number of benzene rings is 1. The molecule has 0 radical (unpaired) electrons. The van der Waals surface area contributed by atoms with E-state index in [0.29, 0.717) is 16.5 Å². The van der Waals surface area contributed by atoms with Gasteiger partial charge in [0.1, 0.15) is 0 Å². The van der Waals surface area contributed by atoms with Crippen molar-refractivity contribution in [1.29, 1.82) is 0 Å². The number of aromatic nitrogens is 4. The highest BCUT2D eigenvalue weighted by Crippen LogP contribution is 2.34. The molecule has 116 valence electrons. The zero-order valence-corrected chi connectivity index (χ0v) is 10.9. The fourth-order valence-electron chi connectivity index (χ4n) is 1.96. The minimum Gasteiger partial charge on any atom is -0.267 e. The van der Waals surface area contributed by atoms with Crippen molar-refractivity contribution in [2.75, 3.05) is 0 Å². The Morgan fingerprint density at radius 2 is 1.64 bits per heavy atom. The van der Waals surface area contributed by atoms with Gasteiger partial charge in [0.25, 0.3) is 0 Å². The lowest BCUT2D eigenvalue weighted by atomic mass is 10.2. The van der Waals surface area contributed by atoms with Crippen molar-refractivity contribution in [2.24, 2.45) is 0 Å². The Kier molecular flexibility index (Phi) is 3.00. The molecule has 22 heavy (non-hydrogen) atoms. The molecule has 0 spiro atoms. The molecule has 3 aromatic rings. The number of fused-ring (bicyclic) bond motifs is 3. The number of hydrogen-bond donors (Lipinski definition) is 0. The summed E-state index contributed by atoms with van der Waals surface area (Å²) in [5.41, 5.74) is -2.17. The van der Waals surface area contributed by atoms with Crippen molar-refractivity contribution in [3.8, 4) is 0 Å². The van der Waals surface area contributed by atoms with Crippen LogP contribution in [-0.4, -0.2) is 19.6 Å². The first-order valence-corrected chi connectivity index (χ1v) is 5.95. The monoisotopic (exact) mass is 340 g/mol. The number of nitrogens with zero attached hydrogens (tertiary/aromatic N) is 4. The van der Waals surface area contributed by atoms with Gasteiger partial charge >= 0.3 is 12.4 Å². The van der Waals surface area contributed by atoms with E-state index in [1.54, 1.807) is 0 Å². The summed E-state index contributed by atoms with van der Waals surface area (Å²) in [4.78, 5) is 3.73. The summed E-state index contributed by atoms with van der Waals surface area (Å²) in [5.74, 6) is -1.48. The third-order valence-corrected chi connectivity index (χ3v) is 3.12. The van der Waals surface area contributed by atoms with Gasteiger partial charge in [0.15, 0.2) is 10.8 Å². The highest BCUT2D eigenvalue weighted by Gasteiger charge is 2.38. The van der Waals surface area contributed by atoms with E-state index in [-0.39, 0.29) is 5.52 Å². The molecular weight excluding hydrogens is 338 g/mol. The second-order valence-electron chi connectivity index (χ2n) is 4.28. The molecule has 0 unspecified atom stereocenters. The predicted octanol–water partition coefficient (Wildman–Crippen LogP) is 3.97. The van der Waals surface area contributed by atoms with E-state index < -0.39 is 40.1 Å². The SMILES string of the molecule is FC(F)(F)c1ccc2nc(Cl)c3nnc(C(F)(F)F)n3c2c1. The first-order valence-electron chi connectivity index (χ1n) is 5.58. The van der Waals surface area contributed by atoms with Crippen LogP contribution in [0.4, 0.5) is 26.3 Å². The Morgan fingerprint density at radius 1 is 0.955 bits per heavy atom. The Labute approximate surface area is 122 Å². The first-order chi connectivity index (χ1) is 10.1. The van der Waals surface area contributed by atoms with E-state index in [2.05, 4.69) is 15.2 Å². The maximum absolute atomic E-state index is 12.9.